The van der Waals surface area contributed by atoms with Crippen molar-refractivity contribution in [3.63, 3.8) is 0 Å². The fraction of sp³-hybridized carbons (Fsp3) is 0. The first kappa shape index (κ1) is 9.09. The number of halogens is 1. The van der Waals surface area contributed by atoms with Crippen LogP contribution in [0.25, 0.3) is 22.2 Å². The molecule has 78 valence electrons. The highest BCUT2D eigenvalue weighted by atomic mass is 19.1. The van der Waals surface area contributed by atoms with Gasteiger partial charge in [-0.1, -0.05) is 0 Å². The number of fused-ring (bicyclic) bond motifs is 1. The zero-order valence-electron chi connectivity index (χ0n) is 8.35. The van der Waals surface area contributed by atoms with E-state index >= 15 is 0 Å². The van der Waals surface area contributed by atoms with Crippen LogP contribution in [0.1, 0.15) is 0 Å². The summed E-state index contributed by atoms with van der Waals surface area (Å²) in [5, 5.41) is 0.772. The lowest BCUT2D eigenvalue weighted by Crippen LogP contribution is -1.82. The molecule has 0 aliphatic rings. The molecule has 0 atom stereocenters. The minimum absolute atomic E-state index is 0.330. The standard InChI is InChI=1S/C13H8FNO/c14-11-7-10-6-9(13-2-1-5-16-13)3-4-12(10)15-8-11/h1-8H. The summed E-state index contributed by atoms with van der Waals surface area (Å²) in [6, 6.07) is 10.8. The Morgan fingerprint density at radius 3 is 2.88 bits per heavy atom. The van der Waals surface area contributed by atoms with Crippen molar-refractivity contribution in [2.45, 2.75) is 0 Å². The van der Waals surface area contributed by atoms with Crippen molar-refractivity contribution in [1.29, 1.82) is 0 Å². The third kappa shape index (κ3) is 1.46. The normalized spacial score (nSPS) is 10.8. The van der Waals surface area contributed by atoms with Crippen LogP contribution in [0.5, 0.6) is 0 Å². The van der Waals surface area contributed by atoms with Crippen molar-refractivity contribution in [3.8, 4) is 11.3 Å². The van der Waals surface area contributed by atoms with Crippen molar-refractivity contribution in [1.82, 2.24) is 4.98 Å². The van der Waals surface area contributed by atoms with Gasteiger partial charge in [0.1, 0.15) is 11.6 Å². The third-order valence-corrected chi connectivity index (χ3v) is 2.45. The van der Waals surface area contributed by atoms with Crippen LogP contribution in [0, 0.1) is 5.82 Å². The van der Waals surface area contributed by atoms with E-state index in [2.05, 4.69) is 4.98 Å². The Morgan fingerprint density at radius 1 is 1.12 bits per heavy atom. The molecule has 2 heterocycles. The van der Waals surface area contributed by atoms with E-state index in [-0.39, 0.29) is 5.82 Å². The van der Waals surface area contributed by atoms with Gasteiger partial charge in [0.15, 0.2) is 0 Å². The summed E-state index contributed by atoms with van der Waals surface area (Å²) < 4.78 is 18.3. The second-order valence-corrected chi connectivity index (χ2v) is 3.54. The van der Waals surface area contributed by atoms with E-state index in [9.17, 15) is 4.39 Å². The molecular formula is C13H8FNO. The van der Waals surface area contributed by atoms with Gasteiger partial charge in [-0.15, -0.1) is 0 Å². The lowest BCUT2D eigenvalue weighted by atomic mass is 10.1. The summed E-state index contributed by atoms with van der Waals surface area (Å²) in [6.07, 6.45) is 2.83. The average Bonchev–Trinajstić information content (AvgIpc) is 2.81. The molecule has 0 amide bonds. The van der Waals surface area contributed by atoms with Crippen LogP contribution >= 0.6 is 0 Å². The maximum absolute atomic E-state index is 13.0. The van der Waals surface area contributed by atoms with E-state index in [1.165, 1.54) is 12.3 Å². The van der Waals surface area contributed by atoms with Crippen molar-refractivity contribution in [3.05, 3.63) is 54.7 Å². The summed E-state index contributed by atoms with van der Waals surface area (Å²) in [5.41, 5.74) is 1.70. The lowest BCUT2D eigenvalue weighted by molar-refractivity contribution is 0.582. The van der Waals surface area contributed by atoms with Crippen molar-refractivity contribution in [2.75, 3.05) is 0 Å². The molecule has 0 aliphatic heterocycles. The predicted molar refractivity (Wildman–Crippen MR) is 59.4 cm³/mol. The van der Waals surface area contributed by atoms with Crippen LogP contribution in [0.2, 0.25) is 0 Å². The van der Waals surface area contributed by atoms with Gasteiger partial charge in [0, 0.05) is 10.9 Å². The molecule has 2 nitrogen and oxygen atoms in total. The average molecular weight is 213 g/mol. The first-order valence-electron chi connectivity index (χ1n) is 4.92. The summed E-state index contributed by atoms with van der Waals surface area (Å²) in [4.78, 5) is 4.00. The van der Waals surface area contributed by atoms with E-state index in [4.69, 9.17) is 4.42 Å². The zero-order valence-corrected chi connectivity index (χ0v) is 8.35. The lowest BCUT2D eigenvalue weighted by Gasteiger charge is -2.00. The molecule has 16 heavy (non-hydrogen) atoms. The number of furan rings is 1. The molecule has 0 fully saturated rings. The monoisotopic (exact) mass is 213 g/mol. The fourth-order valence-electron chi connectivity index (χ4n) is 1.70. The second-order valence-electron chi connectivity index (χ2n) is 3.54. The Hall–Kier alpha value is -2.16. The van der Waals surface area contributed by atoms with Gasteiger partial charge in [0.25, 0.3) is 0 Å². The molecule has 3 heteroatoms. The van der Waals surface area contributed by atoms with Gasteiger partial charge in [-0.25, -0.2) is 4.39 Å². The first-order valence-corrected chi connectivity index (χ1v) is 4.92. The Labute approximate surface area is 91.3 Å². The van der Waals surface area contributed by atoms with E-state index in [1.54, 1.807) is 6.26 Å². The molecule has 0 spiro atoms. The van der Waals surface area contributed by atoms with Crippen LogP contribution < -0.4 is 0 Å². The van der Waals surface area contributed by atoms with Crippen LogP contribution in [0.3, 0.4) is 0 Å². The highest BCUT2D eigenvalue weighted by molar-refractivity contribution is 5.83. The summed E-state index contributed by atoms with van der Waals surface area (Å²) in [5.74, 6) is 0.440. The molecule has 0 bridgehead atoms. The molecule has 3 aromatic rings. The van der Waals surface area contributed by atoms with Gasteiger partial charge in [-0.05, 0) is 36.4 Å². The van der Waals surface area contributed by atoms with E-state index in [0.29, 0.717) is 0 Å². The topological polar surface area (TPSA) is 26.0 Å². The number of benzene rings is 1. The number of rotatable bonds is 1. The second kappa shape index (κ2) is 3.45. The Kier molecular flexibility index (Phi) is 1.96. The molecule has 0 aliphatic carbocycles. The maximum Gasteiger partial charge on any atom is 0.142 e. The quantitative estimate of drug-likeness (QED) is 0.616. The Morgan fingerprint density at radius 2 is 2.06 bits per heavy atom. The van der Waals surface area contributed by atoms with Crippen LogP contribution in [0.15, 0.2) is 53.3 Å². The summed E-state index contributed by atoms with van der Waals surface area (Å²) >= 11 is 0. The Balaban J connectivity index is 2.22. The van der Waals surface area contributed by atoms with Gasteiger partial charge in [0.2, 0.25) is 0 Å². The largest absolute Gasteiger partial charge is 0.464 e. The van der Waals surface area contributed by atoms with Gasteiger partial charge in [-0.3, -0.25) is 4.98 Å². The van der Waals surface area contributed by atoms with Crippen molar-refractivity contribution >= 4 is 10.9 Å². The van der Waals surface area contributed by atoms with Crippen LogP contribution in [-0.2, 0) is 0 Å². The van der Waals surface area contributed by atoms with Gasteiger partial charge in [0.05, 0.1) is 18.0 Å². The van der Waals surface area contributed by atoms with Gasteiger partial charge < -0.3 is 4.42 Å². The summed E-state index contributed by atoms with van der Waals surface area (Å²) in [7, 11) is 0. The van der Waals surface area contributed by atoms with E-state index < -0.39 is 0 Å². The van der Waals surface area contributed by atoms with Crippen molar-refractivity contribution in [2.24, 2.45) is 0 Å². The van der Waals surface area contributed by atoms with Gasteiger partial charge in [-0.2, -0.15) is 0 Å². The number of pyridine rings is 1. The maximum atomic E-state index is 13.0. The summed E-state index contributed by atoms with van der Waals surface area (Å²) in [6.45, 7) is 0. The minimum atomic E-state index is -0.330. The highest BCUT2D eigenvalue weighted by Gasteiger charge is 2.03. The number of aromatic nitrogens is 1. The highest BCUT2D eigenvalue weighted by Crippen LogP contribution is 2.24. The number of hydrogen-bond acceptors (Lipinski definition) is 2. The molecule has 3 rings (SSSR count). The zero-order chi connectivity index (χ0) is 11.0. The number of nitrogens with zero attached hydrogens (tertiary/aromatic N) is 1. The molecule has 2 aromatic heterocycles. The van der Waals surface area contributed by atoms with E-state index in [1.807, 2.05) is 30.3 Å². The molecule has 0 saturated carbocycles. The molecule has 0 N–H and O–H groups in total. The predicted octanol–water partition coefficient (Wildman–Crippen LogP) is 3.63. The molecule has 0 saturated heterocycles. The Bertz CT molecular complexity index is 631. The molecule has 1 aromatic carbocycles. The fourth-order valence-corrected chi connectivity index (χ4v) is 1.70. The minimum Gasteiger partial charge on any atom is -0.464 e. The van der Waals surface area contributed by atoms with Crippen LogP contribution in [0.4, 0.5) is 4.39 Å². The SMILES string of the molecule is Fc1cnc2ccc(-c3ccco3)cc2c1. The number of hydrogen-bond donors (Lipinski definition) is 0. The first-order chi connectivity index (χ1) is 7.83. The molecular weight excluding hydrogens is 205 g/mol. The van der Waals surface area contributed by atoms with E-state index in [0.717, 1.165) is 22.2 Å². The molecule has 0 unspecified atom stereocenters. The smallest absolute Gasteiger partial charge is 0.142 e. The third-order valence-electron chi connectivity index (χ3n) is 2.45. The molecule has 0 radical (unpaired) electrons. The van der Waals surface area contributed by atoms with Crippen LogP contribution in [-0.4, -0.2) is 4.98 Å². The van der Waals surface area contributed by atoms with Gasteiger partial charge >= 0.3 is 0 Å². The van der Waals surface area contributed by atoms with Crippen molar-refractivity contribution < 1.29 is 8.81 Å².